The van der Waals surface area contributed by atoms with E-state index in [1.165, 1.54) is 11.1 Å². The van der Waals surface area contributed by atoms with Crippen molar-refractivity contribution >= 4 is 23.3 Å². The maximum atomic E-state index is 11.5. The van der Waals surface area contributed by atoms with Crippen molar-refractivity contribution in [3.8, 4) is 0 Å². The molecule has 0 radical (unpaired) electrons. The lowest BCUT2D eigenvalue weighted by atomic mass is 10.0. The number of piperidine rings is 1. The van der Waals surface area contributed by atoms with Crippen LogP contribution >= 0.6 is 11.3 Å². The first-order valence-electron chi connectivity index (χ1n) is 5.79. The highest BCUT2D eigenvalue weighted by atomic mass is 32.1. The summed E-state index contributed by atoms with van der Waals surface area (Å²) in [6.07, 6.45) is 4.96. The molecule has 1 aromatic heterocycles. The van der Waals surface area contributed by atoms with E-state index in [4.69, 9.17) is 0 Å². The fourth-order valence-corrected chi connectivity index (χ4v) is 2.62. The molecule has 86 valence electrons. The number of thiophene rings is 1. The van der Waals surface area contributed by atoms with Gasteiger partial charge in [0.15, 0.2) is 0 Å². The van der Waals surface area contributed by atoms with E-state index >= 15 is 0 Å². The van der Waals surface area contributed by atoms with Crippen molar-refractivity contribution in [1.82, 2.24) is 4.90 Å². The van der Waals surface area contributed by atoms with Crippen LogP contribution in [0.4, 0.5) is 0 Å². The van der Waals surface area contributed by atoms with Gasteiger partial charge in [-0.1, -0.05) is 18.6 Å². The zero-order chi connectivity index (χ0) is 11.4. The van der Waals surface area contributed by atoms with Crippen molar-refractivity contribution in [2.45, 2.75) is 26.2 Å². The van der Waals surface area contributed by atoms with Crippen molar-refractivity contribution in [3.63, 3.8) is 0 Å². The summed E-state index contributed by atoms with van der Waals surface area (Å²) in [5.41, 5.74) is 2.77. The van der Waals surface area contributed by atoms with Gasteiger partial charge in [0.25, 0.3) is 0 Å². The van der Waals surface area contributed by atoms with Gasteiger partial charge in [-0.25, -0.2) is 0 Å². The van der Waals surface area contributed by atoms with E-state index in [2.05, 4.69) is 22.9 Å². The molecule has 0 spiro atoms. The second kappa shape index (κ2) is 5.30. The van der Waals surface area contributed by atoms with E-state index in [0.29, 0.717) is 6.42 Å². The van der Waals surface area contributed by atoms with Crippen LogP contribution in [0.3, 0.4) is 0 Å². The molecule has 3 heteroatoms. The van der Waals surface area contributed by atoms with Gasteiger partial charge in [-0.15, -0.1) is 0 Å². The molecule has 1 aromatic rings. The first-order chi connectivity index (χ1) is 7.79. The number of carbonyl (C=O) groups excluding carboxylic acids is 1. The third kappa shape index (κ3) is 2.73. The molecule has 16 heavy (non-hydrogen) atoms. The van der Waals surface area contributed by atoms with Gasteiger partial charge in [0.05, 0.1) is 0 Å². The van der Waals surface area contributed by atoms with E-state index in [1.807, 2.05) is 11.8 Å². The minimum absolute atomic E-state index is 0.287. The SMILES string of the molecule is CCC(=O)N1CCC(=Cc2ccsc2)CC1. The van der Waals surface area contributed by atoms with Crippen molar-refractivity contribution in [2.24, 2.45) is 0 Å². The molecule has 1 fully saturated rings. The summed E-state index contributed by atoms with van der Waals surface area (Å²) >= 11 is 1.73. The average molecular weight is 235 g/mol. The monoisotopic (exact) mass is 235 g/mol. The smallest absolute Gasteiger partial charge is 0.222 e. The summed E-state index contributed by atoms with van der Waals surface area (Å²) < 4.78 is 0. The van der Waals surface area contributed by atoms with Gasteiger partial charge in [0, 0.05) is 19.5 Å². The van der Waals surface area contributed by atoms with Gasteiger partial charge in [-0.2, -0.15) is 11.3 Å². The maximum absolute atomic E-state index is 11.5. The summed E-state index contributed by atoms with van der Waals surface area (Å²) in [7, 11) is 0. The average Bonchev–Trinajstić information content (AvgIpc) is 2.82. The number of nitrogens with zero attached hydrogens (tertiary/aromatic N) is 1. The lowest BCUT2D eigenvalue weighted by Gasteiger charge is -2.28. The van der Waals surface area contributed by atoms with Gasteiger partial charge in [0.1, 0.15) is 0 Å². The van der Waals surface area contributed by atoms with Gasteiger partial charge < -0.3 is 4.90 Å². The van der Waals surface area contributed by atoms with Crippen LogP contribution < -0.4 is 0 Å². The lowest BCUT2D eigenvalue weighted by molar-refractivity contribution is -0.131. The Morgan fingerprint density at radius 1 is 1.50 bits per heavy atom. The second-order valence-corrected chi connectivity index (χ2v) is 4.87. The highest BCUT2D eigenvalue weighted by Crippen LogP contribution is 2.20. The normalized spacial score (nSPS) is 16.3. The number of rotatable bonds is 2. The third-order valence-electron chi connectivity index (χ3n) is 2.97. The number of hydrogen-bond donors (Lipinski definition) is 0. The van der Waals surface area contributed by atoms with Crippen LogP contribution in [0.15, 0.2) is 22.4 Å². The molecule has 0 unspecified atom stereocenters. The summed E-state index contributed by atoms with van der Waals surface area (Å²) in [6.45, 7) is 3.71. The van der Waals surface area contributed by atoms with E-state index in [-0.39, 0.29) is 5.91 Å². The fourth-order valence-electron chi connectivity index (χ4n) is 2.00. The van der Waals surface area contributed by atoms with E-state index in [9.17, 15) is 4.79 Å². The van der Waals surface area contributed by atoms with Gasteiger partial charge >= 0.3 is 0 Å². The van der Waals surface area contributed by atoms with Crippen molar-refractivity contribution < 1.29 is 4.79 Å². The zero-order valence-electron chi connectivity index (χ0n) is 9.61. The quantitative estimate of drug-likeness (QED) is 0.771. The molecule has 0 bridgehead atoms. The molecule has 1 saturated heterocycles. The van der Waals surface area contributed by atoms with Crippen LogP contribution in [-0.2, 0) is 4.79 Å². The Morgan fingerprint density at radius 2 is 2.25 bits per heavy atom. The molecule has 2 rings (SSSR count). The summed E-state index contributed by atoms with van der Waals surface area (Å²) in [4.78, 5) is 13.5. The fraction of sp³-hybridized carbons (Fsp3) is 0.462. The standard InChI is InChI=1S/C13H17NOS/c1-2-13(15)14-6-3-11(4-7-14)9-12-5-8-16-10-12/h5,8-10H,2-4,6-7H2,1H3. The largest absolute Gasteiger partial charge is 0.342 e. The number of carbonyl (C=O) groups is 1. The molecular formula is C13H17NOS. The number of likely N-dealkylation sites (tertiary alicyclic amines) is 1. The van der Waals surface area contributed by atoms with Crippen LogP contribution in [0.5, 0.6) is 0 Å². The van der Waals surface area contributed by atoms with Crippen molar-refractivity contribution in [1.29, 1.82) is 0 Å². The van der Waals surface area contributed by atoms with Crippen LogP contribution in [0.25, 0.3) is 6.08 Å². The van der Waals surface area contributed by atoms with Crippen LogP contribution in [0.1, 0.15) is 31.7 Å². The molecule has 0 N–H and O–H groups in total. The molecule has 1 aliphatic heterocycles. The summed E-state index contributed by atoms with van der Waals surface area (Å²) in [6, 6.07) is 2.14. The van der Waals surface area contributed by atoms with E-state index in [1.54, 1.807) is 11.3 Å². The minimum atomic E-state index is 0.287. The highest BCUT2D eigenvalue weighted by Gasteiger charge is 2.17. The van der Waals surface area contributed by atoms with Gasteiger partial charge in [0.2, 0.25) is 5.91 Å². The molecular weight excluding hydrogens is 218 g/mol. The van der Waals surface area contributed by atoms with Crippen molar-refractivity contribution in [2.75, 3.05) is 13.1 Å². The second-order valence-electron chi connectivity index (χ2n) is 4.09. The number of amides is 1. The summed E-state index contributed by atoms with van der Waals surface area (Å²) in [5.74, 6) is 0.287. The van der Waals surface area contributed by atoms with Crippen LogP contribution in [-0.4, -0.2) is 23.9 Å². The van der Waals surface area contributed by atoms with Gasteiger partial charge in [-0.05, 0) is 35.2 Å². The molecule has 2 nitrogen and oxygen atoms in total. The summed E-state index contributed by atoms with van der Waals surface area (Å²) in [5, 5.41) is 4.26. The Kier molecular flexibility index (Phi) is 3.78. The Balaban J connectivity index is 1.92. The number of hydrogen-bond acceptors (Lipinski definition) is 2. The first kappa shape index (κ1) is 11.4. The molecule has 0 aromatic carbocycles. The predicted molar refractivity (Wildman–Crippen MR) is 68.4 cm³/mol. The Hall–Kier alpha value is -1.09. The minimum Gasteiger partial charge on any atom is -0.342 e. The van der Waals surface area contributed by atoms with Crippen LogP contribution in [0.2, 0.25) is 0 Å². The lowest BCUT2D eigenvalue weighted by Crippen LogP contribution is -2.35. The highest BCUT2D eigenvalue weighted by molar-refractivity contribution is 7.08. The topological polar surface area (TPSA) is 20.3 Å². The van der Waals surface area contributed by atoms with Crippen LogP contribution in [0, 0.1) is 0 Å². The Morgan fingerprint density at radius 3 is 2.81 bits per heavy atom. The van der Waals surface area contributed by atoms with E-state index in [0.717, 1.165) is 25.9 Å². The van der Waals surface area contributed by atoms with Crippen molar-refractivity contribution in [3.05, 3.63) is 28.0 Å². The molecule has 0 saturated carbocycles. The molecule has 1 aliphatic rings. The Labute approximate surface area is 101 Å². The molecule has 1 amide bonds. The van der Waals surface area contributed by atoms with Gasteiger partial charge in [-0.3, -0.25) is 4.79 Å². The first-order valence-corrected chi connectivity index (χ1v) is 6.73. The zero-order valence-corrected chi connectivity index (χ0v) is 10.4. The van der Waals surface area contributed by atoms with E-state index < -0.39 is 0 Å². The molecule has 2 heterocycles. The predicted octanol–water partition coefficient (Wildman–Crippen LogP) is 3.16. The maximum Gasteiger partial charge on any atom is 0.222 e. The molecule has 0 atom stereocenters. The Bertz CT molecular complexity index is 371. The third-order valence-corrected chi connectivity index (χ3v) is 3.68. The molecule has 0 aliphatic carbocycles.